The summed E-state index contributed by atoms with van der Waals surface area (Å²) in [5.41, 5.74) is 2.48. The predicted octanol–water partition coefficient (Wildman–Crippen LogP) is 6.38. The van der Waals surface area contributed by atoms with Crippen LogP contribution < -0.4 is 14.9 Å². The lowest BCUT2D eigenvalue weighted by molar-refractivity contribution is -0.0142. The summed E-state index contributed by atoms with van der Waals surface area (Å²) in [5, 5.41) is 11.9. The van der Waals surface area contributed by atoms with Crippen LogP contribution >= 0.6 is 0 Å². The van der Waals surface area contributed by atoms with Gasteiger partial charge < -0.3 is 19.0 Å². The number of rotatable bonds is 3. The summed E-state index contributed by atoms with van der Waals surface area (Å²) in [6.45, 7) is 7.89. The van der Waals surface area contributed by atoms with E-state index in [1.54, 1.807) is 38.1 Å². The standard InChI is InChI=1S/C31H28O6/c1-5-21(32)18-11-14-23-26(28(18)33)25-20(31(3,4)37-23)15-35-22-13-12-19-29(34)24(17-9-7-6-8-10-17)16(2)36-30(19)27(22)25/h6-14,20,25,33H,5,15H2,1-4H3/t20-,25+/m0/s1. The van der Waals surface area contributed by atoms with Gasteiger partial charge in [0, 0.05) is 29.4 Å². The fourth-order valence-electron chi connectivity index (χ4n) is 5.91. The van der Waals surface area contributed by atoms with Gasteiger partial charge in [-0.05, 0) is 50.6 Å². The first-order valence-electron chi connectivity index (χ1n) is 12.6. The number of phenols is 1. The van der Waals surface area contributed by atoms with Gasteiger partial charge in [-0.3, -0.25) is 9.59 Å². The van der Waals surface area contributed by atoms with Crippen LogP contribution in [0.4, 0.5) is 0 Å². The van der Waals surface area contributed by atoms with Gasteiger partial charge in [0.25, 0.3) is 0 Å². The number of ketones is 1. The molecule has 6 rings (SSSR count). The first-order valence-corrected chi connectivity index (χ1v) is 12.6. The number of carbonyl (C=O) groups is 1. The van der Waals surface area contributed by atoms with Crippen LogP contribution in [-0.2, 0) is 0 Å². The lowest BCUT2D eigenvalue weighted by atomic mass is 9.69. The van der Waals surface area contributed by atoms with Gasteiger partial charge in [0.2, 0.25) is 5.43 Å². The smallest absolute Gasteiger partial charge is 0.200 e. The van der Waals surface area contributed by atoms with Crippen molar-refractivity contribution in [2.24, 2.45) is 5.92 Å². The molecule has 0 saturated carbocycles. The number of fused-ring (bicyclic) bond motifs is 7. The van der Waals surface area contributed by atoms with Crippen molar-refractivity contribution in [1.29, 1.82) is 0 Å². The third-order valence-corrected chi connectivity index (χ3v) is 7.80. The molecule has 2 atom stereocenters. The lowest BCUT2D eigenvalue weighted by Crippen LogP contribution is -2.49. The summed E-state index contributed by atoms with van der Waals surface area (Å²) in [6.07, 6.45) is 0.270. The quantitative estimate of drug-likeness (QED) is 0.331. The van der Waals surface area contributed by atoms with Crippen molar-refractivity contribution in [3.05, 3.63) is 87.3 Å². The van der Waals surface area contributed by atoms with Crippen LogP contribution in [0.2, 0.25) is 0 Å². The van der Waals surface area contributed by atoms with Crippen molar-refractivity contribution in [3.8, 4) is 28.4 Å². The fourth-order valence-corrected chi connectivity index (χ4v) is 5.91. The molecule has 6 nitrogen and oxygen atoms in total. The Hall–Kier alpha value is -4.06. The Labute approximate surface area is 214 Å². The SMILES string of the molecule is CCC(=O)c1ccc2c(c1O)[C@@H]1c3c(ccc4c(=O)c(-c5ccccc5)c(C)oc34)OC[C@@H]1C(C)(C)O2. The van der Waals surface area contributed by atoms with E-state index in [0.29, 0.717) is 51.5 Å². The molecule has 0 unspecified atom stereocenters. The second-order valence-electron chi connectivity index (χ2n) is 10.3. The summed E-state index contributed by atoms with van der Waals surface area (Å²) in [5.74, 6) is 0.780. The van der Waals surface area contributed by atoms with E-state index in [9.17, 15) is 14.7 Å². The molecule has 0 bridgehead atoms. The normalized spacial score (nSPS) is 19.2. The summed E-state index contributed by atoms with van der Waals surface area (Å²) in [6, 6.07) is 16.4. The second-order valence-corrected chi connectivity index (χ2v) is 10.3. The van der Waals surface area contributed by atoms with Gasteiger partial charge in [0.1, 0.15) is 34.2 Å². The van der Waals surface area contributed by atoms with Gasteiger partial charge in [-0.15, -0.1) is 0 Å². The van der Waals surface area contributed by atoms with E-state index in [0.717, 1.165) is 5.56 Å². The van der Waals surface area contributed by atoms with Gasteiger partial charge in [-0.1, -0.05) is 37.3 Å². The van der Waals surface area contributed by atoms with Crippen molar-refractivity contribution in [1.82, 2.24) is 0 Å². The summed E-state index contributed by atoms with van der Waals surface area (Å²) >= 11 is 0. The Morgan fingerprint density at radius 3 is 2.49 bits per heavy atom. The van der Waals surface area contributed by atoms with E-state index in [4.69, 9.17) is 13.9 Å². The Morgan fingerprint density at radius 1 is 1.03 bits per heavy atom. The molecule has 37 heavy (non-hydrogen) atoms. The highest BCUT2D eigenvalue weighted by atomic mass is 16.5. The molecule has 0 aliphatic carbocycles. The molecule has 1 aromatic heterocycles. The molecule has 2 aliphatic rings. The first-order chi connectivity index (χ1) is 17.7. The van der Waals surface area contributed by atoms with Crippen molar-refractivity contribution in [3.63, 3.8) is 0 Å². The van der Waals surface area contributed by atoms with Crippen LogP contribution in [-0.4, -0.2) is 23.1 Å². The monoisotopic (exact) mass is 496 g/mol. The predicted molar refractivity (Wildman–Crippen MR) is 141 cm³/mol. The van der Waals surface area contributed by atoms with Gasteiger partial charge in [0.15, 0.2) is 5.78 Å². The highest BCUT2D eigenvalue weighted by Crippen LogP contribution is 2.57. The summed E-state index contributed by atoms with van der Waals surface area (Å²) in [7, 11) is 0. The molecular formula is C31H28O6. The number of benzene rings is 3. The zero-order valence-electron chi connectivity index (χ0n) is 21.3. The van der Waals surface area contributed by atoms with E-state index in [2.05, 4.69) is 0 Å². The minimum Gasteiger partial charge on any atom is -0.507 e. The van der Waals surface area contributed by atoms with Crippen molar-refractivity contribution in [2.45, 2.75) is 45.6 Å². The van der Waals surface area contributed by atoms with Gasteiger partial charge in [0.05, 0.1) is 23.1 Å². The molecule has 0 radical (unpaired) electrons. The zero-order valence-corrected chi connectivity index (χ0v) is 21.3. The van der Waals surface area contributed by atoms with E-state index < -0.39 is 11.5 Å². The molecule has 1 N–H and O–H groups in total. The maximum absolute atomic E-state index is 13.8. The summed E-state index contributed by atoms with van der Waals surface area (Å²) in [4.78, 5) is 26.4. The number of hydrogen-bond donors (Lipinski definition) is 1. The third-order valence-electron chi connectivity index (χ3n) is 7.80. The van der Waals surface area contributed by atoms with Crippen LogP contribution in [0.15, 0.2) is 63.8 Å². The third kappa shape index (κ3) is 3.39. The molecule has 2 aliphatic heterocycles. The maximum atomic E-state index is 13.8. The van der Waals surface area contributed by atoms with E-state index in [1.165, 1.54) is 0 Å². The van der Waals surface area contributed by atoms with Gasteiger partial charge in [-0.2, -0.15) is 0 Å². The number of carbonyl (C=O) groups excluding carboxylic acids is 1. The fraction of sp³-hybridized carbons (Fsp3) is 0.290. The maximum Gasteiger partial charge on any atom is 0.200 e. The van der Waals surface area contributed by atoms with Gasteiger partial charge in [-0.25, -0.2) is 0 Å². The minimum atomic E-state index is -0.639. The Kier molecular flexibility index (Phi) is 5.19. The summed E-state index contributed by atoms with van der Waals surface area (Å²) < 4.78 is 19.0. The van der Waals surface area contributed by atoms with Crippen LogP contribution in [0, 0.1) is 12.8 Å². The average molecular weight is 497 g/mol. The lowest BCUT2D eigenvalue weighted by Gasteiger charge is -2.47. The van der Waals surface area contributed by atoms with Crippen molar-refractivity contribution < 1.29 is 23.8 Å². The number of aryl methyl sites for hydroxylation is 1. The molecule has 188 valence electrons. The van der Waals surface area contributed by atoms with Gasteiger partial charge >= 0.3 is 0 Å². The molecule has 0 spiro atoms. The van der Waals surface area contributed by atoms with Crippen LogP contribution in [0.25, 0.3) is 22.1 Å². The number of phenolic OH excluding ortho intramolecular Hbond substituents is 1. The number of hydrogen-bond acceptors (Lipinski definition) is 6. The molecule has 0 fully saturated rings. The topological polar surface area (TPSA) is 86.0 Å². The number of aromatic hydroxyl groups is 1. The largest absolute Gasteiger partial charge is 0.507 e. The molecule has 4 aromatic rings. The number of ether oxygens (including phenoxy) is 2. The van der Waals surface area contributed by atoms with Crippen LogP contribution in [0.1, 0.15) is 60.4 Å². The molecule has 0 amide bonds. The second kappa shape index (κ2) is 8.23. The van der Waals surface area contributed by atoms with Crippen LogP contribution in [0.5, 0.6) is 17.2 Å². The van der Waals surface area contributed by atoms with Crippen LogP contribution in [0.3, 0.4) is 0 Å². The van der Waals surface area contributed by atoms with Crippen molar-refractivity contribution >= 4 is 16.8 Å². The van der Waals surface area contributed by atoms with E-state index in [1.807, 2.05) is 44.2 Å². The molecule has 3 aromatic carbocycles. The minimum absolute atomic E-state index is 0.0836. The Balaban J connectivity index is 1.67. The highest BCUT2D eigenvalue weighted by Gasteiger charge is 2.50. The van der Waals surface area contributed by atoms with E-state index >= 15 is 0 Å². The highest BCUT2D eigenvalue weighted by molar-refractivity contribution is 5.99. The number of Topliss-reactive ketones (excluding diaryl/α,β-unsaturated/α-hetero) is 1. The Morgan fingerprint density at radius 2 is 1.76 bits per heavy atom. The zero-order chi connectivity index (χ0) is 26.1. The first kappa shape index (κ1) is 23.3. The Bertz CT molecular complexity index is 1630. The molecule has 3 heterocycles. The van der Waals surface area contributed by atoms with E-state index in [-0.39, 0.29) is 34.9 Å². The molecular weight excluding hydrogens is 468 g/mol. The average Bonchev–Trinajstić information content (AvgIpc) is 2.88. The molecule has 6 heteroatoms. The van der Waals surface area contributed by atoms with Crippen molar-refractivity contribution in [2.75, 3.05) is 6.61 Å². The molecule has 0 saturated heterocycles.